The Balaban J connectivity index is 1.46. The highest BCUT2D eigenvalue weighted by atomic mass is 32.2. The normalized spacial score (nSPS) is 21.8. The van der Waals surface area contributed by atoms with Crippen LogP contribution in [0, 0.1) is 0 Å². The molecule has 29 heavy (non-hydrogen) atoms. The number of para-hydroxylation sites is 2. The zero-order valence-electron chi connectivity index (χ0n) is 16.1. The number of ether oxygens (including phenoxy) is 2. The van der Waals surface area contributed by atoms with Crippen LogP contribution in [0.5, 0.6) is 11.5 Å². The number of sulfone groups is 1. The van der Waals surface area contributed by atoms with Crippen molar-refractivity contribution in [2.45, 2.75) is 50.0 Å². The number of fused-ring (bicyclic) bond motifs is 1. The fraction of sp³-hybridized carbons (Fsp3) is 0.526. The summed E-state index contributed by atoms with van der Waals surface area (Å²) >= 11 is 0. The summed E-state index contributed by atoms with van der Waals surface area (Å²) in [6, 6.07) is 7.20. The summed E-state index contributed by atoms with van der Waals surface area (Å²) in [6.07, 6.45) is 2.91. The Morgan fingerprint density at radius 1 is 1.21 bits per heavy atom. The summed E-state index contributed by atoms with van der Waals surface area (Å²) in [6.45, 7) is 2.69. The molecular weight excluding hydrogens is 398 g/mol. The lowest BCUT2D eigenvalue weighted by Gasteiger charge is -2.35. The third-order valence-corrected chi connectivity index (χ3v) is 6.53. The molecule has 0 radical (unpaired) electrons. The number of nitrogens with zero attached hydrogens (tertiary/aromatic N) is 3. The quantitative estimate of drug-likeness (QED) is 0.722. The molecule has 4 rings (SSSR count). The number of amides is 1. The number of likely N-dealkylation sites (tertiary alicyclic amines) is 1. The molecule has 2 aliphatic rings. The van der Waals surface area contributed by atoms with Crippen molar-refractivity contribution in [1.82, 2.24) is 15.1 Å². The minimum absolute atomic E-state index is 0.00469. The molecule has 3 heterocycles. The molecule has 2 atom stereocenters. The number of aromatic nitrogens is 2. The highest BCUT2D eigenvalue weighted by Gasteiger charge is 2.34. The topological polar surface area (TPSA) is 112 Å². The molecule has 2 aromatic rings. The Kier molecular flexibility index (Phi) is 5.44. The van der Waals surface area contributed by atoms with E-state index in [1.54, 1.807) is 23.1 Å². The molecule has 1 aromatic carbocycles. The van der Waals surface area contributed by atoms with Crippen LogP contribution < -0.4 is 9.47 Å². The van der Waals surface area contributed by atoms with Crippen LogP contribution in [0.3, 0.4) is 0 Å². The predicted octanol–water partition coefficient (Wildman–Crippen LogP) is 2.15. The van der Waals surface area contributed by atoms with Gasteiger partial charge >= 0.3 is 5.22 Å². The summed E-state index contributed by atoms with van der Waals surface area (Å²) < 4.78 is 42.0. The van der Waals surface area contributed by atoms with Crippen molar-refractivity contribution in [3.63, 3.8) is 0 Å². The Morgan fingerprint density at radius 2 is 2.00 bits per heavy atom. The number of carbonyl (C=O) groups is 1. The standard InChI is InChI=1S/C19H23N3O6S/c1-2-13-7-5-6-10-22(13)17(23)12-29(24,25)19-21-20-18(28-19)16-11-26-14-8-3-4-9-15(14)27-16/h3-4,8-9,13,16H,2,5-7,10-12H2,1H3. The largest absolute Gasteiger partial charge is 0.485 e. The molecule has 1 aromatic heterocycles. The first-order valence-electron chi connectivity index (χ1n) is 9.72. The van der Waals surface area contributed by atoms with Gasteiger partial charge in [-0.1, -0.05) is 24.2 Å². The van der Waals surface area contributed by atoms with Crippen LogP contribution in [-0.2, 0) is 14.6 Å². The Hall–Kier alpha value is -2.62. The van der Waals surface area contributed by atoms with Crippen LogP contribution in [0.4, 0.5) is 0 Å². The fourth-order valence-corrected chi connectivity index (χ4v) is 4.67. The molecular formula is C19H23N3O6S. The number of carbonyl (C=O) groups excluding carboxylic acids is 1. The van der Waals surface area contributed by atoms with Crippen molar-refractivity contribution in [2.75, 3.05) is 18.9 Å². The Bertz CT molecular complexity index is 989. The van der Waals surface area contributed by atoms with Crippen molar-refractivity contribution in [3.8, 4) is 11.5 Å². The Labute approximate surface area is 168 Å². The summed E-state index contributed by atoms with van der Waals surface area (Å²) in [5.41, 5.74) is 0. The van der Waals surface area contributed by atoms with E-state index in [1.165, 1.54) is 0 Å². The minimum Gasteiger partial charge on any atom is -0.485 e. The lowest BCUT2D eigenvalue weighted by Crippen LogP contribution is -2.45. The van der Waals surface area contributed by atoms with Crippen molar-refractivity contribution in [2.24, 2.45) is 0 Å². The van der Waals surface area contributed by atoms with Gasteiger partial charge in [-0.05, 0) is 37.8 Å². The smallest absolute Gasteiger partial charge is 0.336 e. The second-order valence-corrected chi connectivity index (χ2v) is 9.04. The number of piperidine rings is 1. The molecule has 1 amide bonds. The van der Waals surface area contributed by atoms with Gasteiger partial charge in [-0.25, -0.2) is 8.42 Å². The third kappa shape index (κ3) is 4.07. The summed E-state index contributed by atoms with van der Waals surface area (Å²) in [5.74, 6) is -0.0147. The first kappa shape index (κ1) is 19.7. The van der Waals surface area contributed by atoms with E-state index in [2.05, 4.69) is 10.2 Å². The number of rotatable bonds is 5. The van der Waals surface area contributed by atoms with Crippen LogP contribution in [0.2, 0.25) is 0 Å². The van der Waals surface area contributed by atoms with E-state index >= 15 is 0 Å². The summed E-state index contributed by atoms with van der Waals surface area (Å²) in [4.78, 5) is 14.3. The lowest BCUT2D eigenvalue weighted by molar-refractivity contribution is -0.132. The maximum absolute atomic E-state index is 12.7. The highest BCUT2D eigenvalue weighted by molar-refractivity contribution is 7.91. The molecule has 0 N–H and O–H groups in total. The van der Waals surface area contributed by atoms with Crippen LogP contribution in [0.25, 0.3) is 0 Å². The van der Waals surface area contributed by atoms with Crippen molar-refractivity contribution in [3.05, 3.63) is 30.2 Å². The second-order valence-electron chi connectivity index (χ2n) is 7.17. The molecule has 9 nitrogen and oxygen atoms in total. The molecule has 0 saturated carbocycles. The van der Waals surface area contributed by atoms with Crippen LogP contribution in [0.15, 0.2) is 33.9 Å². The van der Waals surface area contributed by atoms with E-state index in [0.29, 0.717) is 18.0 Å². The molecule has 0 spiro atoms. The minimum atomic E-state index is -4.05. The van der Waals surface area contributed by atoms with Crippen LogP contribution >= 0.6 is 0 Å². The average molecular weight is 421 g/mol. The zero-order valence-corrected chi connectivity index (χ0v) is 16.9. The number of hydrogen-bond acceptors (Lipinski definition) is 8. The monoisotopic (exact) mass is 421 g/mol. The van der Waals surface area contributed by atoms with E-state index in [4.69, 9.17) is 13.9 Å². The first-order valence-corrected chi connectivity index (χ1v) is 11.4. The maximum atomic E-state index is 12.7. The van der Waals surface area contributed by atoms with Gasteiger partial charge < -0.3 is 18.8 Å². The molecule has 0 aliphatic carbocycles. The molecule has 1 fully saturated rings. The van der Waals surface area contributed by atoms with Crippen molar-refractivity contribution >= 4 is 15.7 Å². The predicted molar refractivity (Wildman–Crippen MR) is 101 cm³/mol. The van der Waals surface area contributed by atoms with Crippen molar-refractivity contribution in [1.29, 1.82) is 0 Å². The highest BCUT2D eigenvalue weighted by Crippen LogP contribution is 2.35. The first-order chi connectivity index (χ1) is 14.0. The number of hydrogen-bond donors (Lipinski definition) is 0. The van der Waals surface area contributed by atoms with Gasteiger partial charge in [0.2, 0.25) is 21.8 Å². The summed E-state index contributed by atoms with van der Waals surface area (Å²) in [5, 5.41) is 6.87. The third-order valence-electron chi connectivity index (χ3n) is 5.20. The van der Waals surface area contributed by atoms with E-state index in [1.807, 2.05) is 13.0 Å². The van der Waals surface area contributed by atoms with Gasteiger partial charge in [-0.3, -0.25) is 4.79 Å². The fourth-order valence-electron chi connectivity index (χ4n) is 3.68. The number of benzene rings is 1. The van der Waals surface area contributed by atoms with Crippen LogP contribution in [-0.4, -0.2) is 54.4 Å². The van der Waals surface area contributed by atoms with E-state index < -0.39 is 32.8 Å². The van der Waals surface area contributed by atoms with Crippen LogP contribution in [0.1, 0.15) is 44.6 Å². The van der Waals surface area contributed by atoms with E-state index in [-0.39, 0.29) is 18.5 Å². The second kappa shape index (κ2) is 8.02. The zero-order chi connectivity index (χ0) is 20.4. The van der Waals surface area contributed by atoms with Gasteiger partial charge in [0.1, 0.15) is 12.4 Å². The van der Waals surface area contributed by atoms with Gasteiger partial charge in [0.05, 0.1) is 0 Å². The SMILES string of the molecule is CCC1CCCCN1C(=O)CS(=O)(=O)c1nnc(C2COc3ccccc3O2)o1. The van der Waals surface area contributed by atoms with Crippen molar-refractivity contribution < 1.29 is 27.1 Å². The molecule has 2 aliphatic heterocycles. The molecule has 2 unspecified atom stereocenters. The lowest BCUT2D eigenvalue weighted by atomic mass is 10.0. The van der Waals surface area contributed by atoms with Gasteiger partial charge in [0.15, 0.2) is 11.5 Å². The van der Waals surface area contributed by atoms with E-state index in [0.717, 1.165) is 25.7 Å². The molecule has 1 saturated heterocycles. The van der Waals surface area contributed by atoms with Gasteiger partial charge in [-0.2, -0.15) is 0 Å². The summed E-state index contributed by atoms with van der Waals surface area (Å²) in [7, 11) is -4.05. The molecule has 0 bridgehead atoms. The van der Waals surface area contributed by atoms with Gasteiger partial charge in [0, 0.05) is 12.6 Å². The average Bonchev–Trinajstić information content (AvgIpc) is 3.24. The Morgan fingerprint density at radius 3 is 2.79 bits per heavy atom. The molecule has 10 heteroatoms. The van der Waals surface area contributed by atoms with Gasteiger partial charge in [-0.15, -0.1) is 5.10 Å². The maximum Gasteiger partial charge on any atom is 0.336 e. The molecule has 156 valence electrons. The van der Waals surface area contributed by atoms with E-state index in [9.17, 15) is 13.2 Å². The van der Waals surface area contributed by atoms with Gasteiger partial charge in [0.25, 0.3) is 5.89 Å².